The molecule has 0 saturated carbocycles. The van der Waals surface area contributed by atoms with Crippen molar-refractivity contribution in [2.24, 2.45) is 5.10 Å². The molecule has 0 fully saturated rings. The van der Waals surface area contributed by atoms with Crippen LogP contribution in [-0.2, 0) is 16.1 Å². The normalized spacial score (nSPS) is 11.2. The van der Waals surface area contributed by atoms with Crippen LogP contribution in [0.4, 0.5) is 0 Å². The summed E-state index contributed by atoms with van der Waals surface area (Å²) in [6.45, 7) is 4.40. The van der Waals surface area contributed by atoms with Crippen LogP contribution < -0.4 is 5.43 Å². The summed E-state index contributed by atoms with van der Waals surface area (Å²) in [7, 11) is 1.75. The first-order valence-electron chi connectivity index (χ1n) is 6.62. The lowest BCUT2D eigenvalue weighted by atomic mass is 10.1. The predicted molar refractivity (Wildman–Crippen MR) is 80.0 cm³/mol. The minimum atomic E-state index is -0.228. The fourth-order valence-corrected chi connectivity index (χ4v) is 2.29. The molecule has 0 aliphatic heterocycles. The van der Waals surface area contributed by atoms with E-state index in [0.29, 0.717) is 6.61 Å². The molecule has 0 aliphatic carbocycles. The minimum Gasteiger partial charge on any atom is -0.465 e. The van der Waals surface area contributed by atoms with Gasteiger partial charge in [0, 0.05) is 29.2 Å². The zero-order valence-electron chi connectivity index (χ0n) is 12.0. The van der Waals surface area contributed by atoms with E-state index < -0.39 is 0 Å². The predicted octanol–water partition coefficient (Wildman–Crippen LogP) is 2.07. The van der Waals surface area contributed by atoms with Crippen LogP contribution in [0.3, 0.4) is 0 Å². The molecule has 20 heavy (non-hydrogen) atoms. The van der Waals surface area contributed by atoms with Gasteiger partial charge in [-0.3, -0.25) is 4.79 Å². The highest BCUT2D eigenvalue weighted by Crippen LogP contribution is 2.24. The largest absolute Gasteiger partial charge is 0.465 e. The standard InChI is InChI=1S/C15H19N3O2/c1-4-20-15(19)10-18-11(2)13(9-17-16-3)12-7-5-6-8-14(12)18/h5-9,16H,4,10H2,1-3H3/b17-9+. The Bertz CT molecular complexity index is 644. The van der Waals surface area contributed by atoms with Crippen molar-refractivity contribution in [2.45, 2.75) is 20.4 Å². The number of fused-ring (bicyclic) bond motifs is 1. The number of nitrogens with one attached hydrogen (secondary N) is 1. The van der Waals surface area contributed by atoms with Gasteiger partial charge < -0.3 is 14.7 Å². The molecule has 0 aliphatic rings. The first-order chi connectivity index (χ1) is 9.69. The minimum absolute atomic E-state index is 0.216. The Hall–Kier alpha value is -2.30. The van der Waals surface area contributed by atoms with Gasteiger partial charge in [0.25, 0.3) is 0 Å². The molecule has 5 nitrogen and oxygen atoms in total. The summed E-state index contributed by atoms with van der Waals surface area (Å²) >= 11 is 0. The number of para-hydroxylation sites is 1. The number of benzene rings is 1. The first-order valence-corrected chi connectivity index (χ1v) is 6.62. The Labute approximate surface area is 118 Å². The Morgan fingerprint density at radius 2 is 2.20 bits per heavy atom. The van der Waals surface area contributed by atoms with Crippen molar-refractivity contribution in [3.8, 4) is 0 Å². The molecule has 0 bridgehead atoms. The summed E-state index contributed by atoms with van der Waals surface area (Å²) in [4.78, 5) is 11.7. The third kappa shape index (κ3) is 2.66. The van der Waals surface area contributed by atoms with E-state index in [1.165, 1.54) is 0 Å². The van der Waals surface area contributed by atoms with Crippen molar-refractivity contribution < 1.29 is 9.53 Å². The van der Waals surface area contributed by atoms with E-state index in [4.69, 9.17) is 4.74 Å². The van der Waals surface area contributed by atoms with Crippen LogP contribution >= 0.6 is 0 Å². The van der Waals surface area contributed by atoms with Gasteiger partial charge in [0.05, 0.1) is 12.8 Å². The lowest BCUT2D eigenvalue weighted by molar-refractivity contribution is -0.143. The molecule has 0 radical (unpaired) electrons. The number of nitrogens with zero attached hydrogens (tertiary/aromatic N) is 2. The molecule has 5 heteroatoms. The molecular formula is C15H19N3O2. The molecular weight excluding hydrogens is 254 g/mol. The van der Waals surface area contributed by atoms with Crippen molar-refractivity contribution >= 4 is 23.1 Å². The zero-order chi connectivity index (χ0) is 14.5. The van der Waals surface area contributed by atoms with Gasteiger partial charge in [0.2, 0.25) is 0 Å². The maximum atomic E-state index is 11.7. The maximum Gasteiger partial charge on any atom is 0.325 e. The topological polar surface area (TPSA) is 55.6 Å². The summed E-state index contributed by atoms with van der Waals surface area (Å²) in [5.41, 5.74) is 5.77. The van der Waals surface area contributed by atoms with E-state index in [0.717, 1.165) is 22.2 Å². The highest BCUT2D eigenvalue weighted by atomic mass is 16.5. The number of carbonyl (C=O) groups is 1. The third-order valence-corrected chi connectivity index (χ3v) is 3.19. The van der Waals surface area contributed by atoms with Gasteiger partial charge in [-0.15, -0.1) is 0 Å². The molecule has 0 saturated heterocycles. The lowest BCUT2D eigenvalue weighted by Gasteiger charge is -2.07. The Morgan fingerprint density at radius 1 is 1.45 bits per heavy atom. The highest BCUT2D eigenvalue weighted by molar-refractivity contribution is 6.01. The summed E-state index contributed by atoms with van der Waals surface area (Å²) in [6.07, 6.45) is 1.78. The summed E-state index contributed by atoms with van der Waals surface area (Å²) in [6, 6.07) is 7.97. The first kappa shape index (κ1) is 14.1. The molecule has 1 N–H and O–H groups in total. The van der Waals surface area contributed by atoms with Gasteiger partial charge in [-0.2, -0.15) is 5.10 Å². The van der Waals surface area contributed by atoms with Crippen molar-refractivity contribution in [3.63, 3.8) is 0 Å². The highest BCUT2D eigenvalue weighted by Gasteiger charge is 2.14. The number of hydrogen-bond acceptors (Lipinski definition) is 4. The average Bonchev–Trinajstić information content (AvgIpc) is 2.70. The van der Waals surface area contributed by atoms with Crippen LogP contribution in [0.15, 0.2) is 29.4 Å². The maximum absolute atomic E-state index is 11.7. The monoisotopic (exact) mass is 273 g/mol. The summed E-state index contributed by atoms with van der Waals surface area (Å²) in [5.74, 6) is -0.228. The molecule has 0 spiro atoms. The molecule has 0 unspecified atom stereocenters. The fraction of sp³-hybridized carbons (Fsp3) is 0.333. The number of hydrogen-bond donors (Lipinski definition) is 1. The van der Waals surface area contributed by atoms with E-state index >= 15 is 0 Å². The molecule has 2 rings (SSSR count). The Kier molecular flexibility index (Phi) is 4.40. The number of carbonyl (C=O) groups excluding carboxylic acids is 1. The molecule has 106 valence electrons. The fourth-order valence-electron chi connectivity index (χ4n) is 2.29. The van der Waals surface area contributed by atoms with E-state index in [1.807, 2.05) is 42.7 Å². The smallest absolute Gasteiger partial charge is 0.325 e. The van der Waals surface area contributed by atoms with Crippen molar-refractivity contribution in [2.75, 3.05) is 13.7 Å². The van der Waals surface area contributed by atoms with E-state index in [-0.39, 0.29) is 12.5 Å². The molecule has 0 atom stereocenters. The second-order valence-electron chi connectivity index (χ2n) is 4.39. The van der Waals surface area contributed by atoms with Crippen LogP contribution in [-0.4, -0.2) is 30.4 Å². The van der Waals surface area contributed by atoms with Crippen LogP contribution in [0.5, 0.6) is 0 Å². The van der Waals surface area contributed by atoms with Crippen LogP contribution in [0.25, 0.3) is 10.9 Å². The lowest BCUT2D eigenvalue weighted by Crippen LogP contribution is -2.14. The van der Waals surface area contributed by atoms with Gasteiger partial charge in [-0.1, -0.05) is 18.2 Å². The second-order valence-corrected chi connectivity index (χ2v) is 4.39. The van der Waals surface area contributed by atoms with E-state index in [2.05, 4.69) is 10.5 Å². The molecule has 2 aromatic rings. The number of aromatic nitrogens is 1. The third-order valence-electron chi connectivity index (χ3n) is 3.19. The van der Waals surface area contributed by atoms with Crippen LogP contribution in [0.1, 0.15) is 18.2 Å². The van der Waals surface area contributed by atoms with Crippen molar-refractivity contribution in [1.29, 1.82) is 0 Å². The van der Waals surface area contributed by atoms with E-state index in [9.17, 15) is 4.79 Å². The average molecular weight is 273 g/mol. The van der Waals surface area contributed by atoms with Gasteiger partial charge in [-0.25, -0.2) is 0 Å². The van der Waals surface area contributed by atoms with Crippen LogP contribution in [0, 0.1) is 6.92 Å². The van der Waals surface area contributed by atoms with Gasteiger partial charge >= 0.3 is 5.97 Å². The summed E-state index contributed by atoms with van der Waals surface area (Å²) in [5, 5.41) is 5.15. The van der Waals surface area contributed by atoms with Crippen LogP contribution in [0.2, 0.25) is 0 Å². The second kappa shape index (κ2) is 6.23. The molecule has 1 heterocycles. The Morgan fingerprint density at radius 3 is 2.90 bits per heavy atom. The van der Waals surface area contributed by atoms with E-state index in [1.54, 1.807) is 13.3 Å². The SMILES string of the molecule is CCOC(=O)Cn1c(C)c(/C=N/NC)c2ccccc21. The number of ether oxygens (including phenoxy) is 1. The van der Waals surface area contributed by atoms with Gasteiger partial charge in [0.1, 0.15) is 6.54 Å². The molecule has 0 amide bonds. The number of esters is 1. The van der Waals surface area contributed by atoms with Crippen molar-refractivity contribution in [1.82, 2.24) is 9.99 Å². The van der Waals surface area contributed by atoms with Crippen molar-refractivity contribution in [3.05, 3.63) is 35.5 Å². The van der Waals surface area contributed by atoms with Gasteiger partial charge in [0.15, 0.2) is 0 Å². The molecule has 1 aromatic carbocycles. The zero-order valence-corrected chi connectivity index (χ0v) is 12.0. The quantitative estimate of drug-likeness (QED) is 0.515. The Balaban J connectivity index is 2.51. The van der Waals surface area contributed by atoms with Gasteiger partial charge in [-0.05, 0) is 19.9 Å². The number of hydrazone groups is 1. The summed E-state index contributed by atoms with van der Waals surface area (Å²) < 4.78 is 7.00. The molecule has 1 aromatic heterocycles. The number of rotatable bonds is 5.